The van der Waals surface area contributed by atoms with E-state index in [1.54, 1.807) is 37.3 Å². The standard InChI is InChI=1S/C21H19ClFN3O2/c1-12-6-7-18(23)17(8-12)21(27)26-16-5-3-4-14(9-16)13(2)28-19-10-15(22)11-25-20(19)24/h3-11,13H,1-2H3,(H2,24,25)(H,26,27)/t13-/m0/s1. The molecule has 144 valence electrons. The third-order valence-electron chi connectivity index (χ3n) is 4.13. The van der Waals surface area contributed by atoms with Crippen LogP contribution in [0.25, 0.3) is 0 Å². The zero-order chi connectivity index (χ0) is 20.3. The van der Waals surface area contributed by atoms with E-state index in [0.717, 1.165) is 11.1 Å². The fourth-order valence-electron chi connectivity index (χ4n) is 2.66. The van der Waals surface area contributed by atoms with Gasteiger partial charge in [0.25, 0.3) is 5.91 Å². The molecule has 0 saturated heterocycles. The molecule has 0 aliphatic carbocycles. The molecule has 1 aromatic heterocycles. The third kappa shape index (κ3) is 4.58. The quantitative estimate of drug-likeness (QED) is 0.621. The summed E-state index contributed by atoms with van der Waals surface area (Å²) in [5, 5.41) is 3.13. The molecule has 1 heterocycles. The summed E-state index contributed by atoms with van der Waals surface area (Å²) in [6.45, 7) is 3.63. The lowest BCUT2D eigenvalue weighted by molar-refractivity contribution is 0.102. The van der Waals surface area contributed by atoms with Gasteiger partial charge in [-0.25, -0.2) is 9.37 Å². The number of nitrogens with one attached hydrogen (secondary N) is 1. The molecule has 3 N–H and O–H groups in total. The summed E-state index contributed by atoms with van der Waals surface area (Å²) in [5.41, 5.74) is 7.93. The monoisotopic (exact) mass is 399 g/mol. The second-order valence-corrected chi connectivity index (χ2v) is 6.80. The average Bonchev–Trinajstić information content (AvgIpc) is 2.66. The summed E-state index contributed by atoms with van der Waals surface area (Å²) in [6, 6.07) is 13.1. The van der Waals surface area contributed by atoms with Crippen molar-refractivity contribution >= 4 is 29.0 Å². The molecule has 0 radical (unpaired) electrons. The molecular weight excluding hydrogens is 381 g/mol. The number of aromatic nitrogens is 1. The van der Waals surface area contributed by atoms with Crippen LogP contribution in [0.2, 0.25) is 5.02 Å². The molecule has 0 unspecified atom stereocenters. The van der Waals surface area contributed by atoms with E-state index < -0.39 is 11.7 Å². The lowest BCUT2D eigenvalue weighted by Gasteiger charge is -2.17. The van der Waals surface area contributed by atoms with Crippen LogP contribution in [0.3, 0.4) is 0 Å². The highest BCUT2D eigenvalue weighted by atomic mass is 35.5. The normalized spacial score (nSPS) is 11.7. The molecule has 0 saturated carbocycles. The van der Waals surface area contributed by atoms with E-state index in [4.69, 9.17) is 22.1 Å². The van der Waals surface area contributed by atoms with Gasteiger partial charge in [0.2, 0.25) is 0 Å². The number of anilines is 2. The number of rotatable bonds is 5. The Morgan fingerprint density at radius 2 is 2.04 bits per heavy atom. The highest BCUT2D eigenvalue weighted by Gasteiger charge is 2.14. The first-order chi connectivity index (χ1) is 13.3. The predicted molar refractivity (Wildman–Crippen MR) is 108 cm³/mol. The number of carbonyl (C=O) groups is 1. The predicted octanol–water partition coefficient (Wildman–Crippen LogP) is 5.16. The maximum Gasteiger partial charge on any atom is 0.258 e. The summed E-state index contributed by atoms with van der Waals surface area (Å²) in [7, 11) is 0. The minimum atomic E-state index is -0.570. The number of aryl methyl sites for hydroxylation is 1. The van der Waals surface area contributed by atoms with Crippen LogP contribution in [0, 0.1) is 12.7 Å². The highest BCUT2D eigenvalue weighted by Crippen LogP contribution is 2.29. The number of nitrogen functional groups attached to an aromatic ring is 1. The summed E-state index contributed by atoms with van der Waals surface area (Å²) in [6.07, 6.45) is 1.06. The molecule has 28 heavy (non-hydrogen) atoms. The van der Waals surface area contributed by atoms with Crippen molar-refractivity contribution in [1.82, 2.24) is 4.98 Å². The van der Waals surface area contributed by atoms with Gasteiger partial charge in [0, 0.05) is 18.0 Å². The van der Waals surface area contributed by atoms with Gasteiger partial charge in [0.05, 0.1) is 10.6 Å². The first-order valence-electron chi connectivity index (χ1n) is 8.58. The molecule has 7 heteroatoms. The van der Waals surface area contributed by atoms with Gasteiger partial charge in [-0.1, -0.05) is 35.4 Å². The maximum atomic E-state index is 13.9. The maximum absolute atomic E-state index is 13.9. The van der Waals surface area contributed by atoms with Crippen LogP contribution in [0.1, 0.15) is 34.5 Å². The zero-order valence-electron chi connectivity index (χ0n) is 15.4. The summed E-state index contributed by atoms with van der Waals surface area (Å²) < 4.78 is 19.8. The van der Waals surface area contributed by atoms with Gasteiger partial charge in [0.15, 0.2) is 11.6 Å². The van der Waals surface area contributed by atoms with E-state index in [2.05, 4.69) is 10.3 Å². The van der Waals surface area contributed by atoms with Gasteiger partial charge >= 0.3 is 0 Å². The van der Waals surface area contributed by atoms with Gasteiger partial charge < -0.3 is 15.8 Å². The van der Waals surface area contributed by atoms with Crippen LogP contribution < -0.4 is 15.8 Å². The van der Waals surface area contributed by atoms with Crippen LogP contribution in [0.15, 0.2) is 54.7 Å². The molecule has 0 aliphatic rings. The number of carbonyl (C=O) groups excluding carboxylic acids is 1. The summed E-state index contributed by atoms with van der Waals surface area (Å²) >= 11 is 5.93. The van der Waals surface area contributed by atoms with E-state index in [1.807, 2.05) is 13.0 Å². The number of nitrogens with zero attached hydrogens (tertiary/aromatic N) is 1. The SMILES string of the molecule is Cc1ccc(F)c(C(=O)Nc2cccc([C@H](C)Oc3cc(Cl)cnc3N)c2)c1. The van der Waals surface area contributed by atoms with Crippen molar-refractivity contribution in [2.24, 2.45) is 0 Å². The van der Waals surface area contributed by atoms with E-state index in [0.29, 0.717) is 16.5 Å². The number of halogens is 2. The molecule has 3 rings (SSSR count). The minimum absolute atomic E-state index is 0.00697. The first-order valence-corrected chi connectivity index (χ1v) is 8.96. The van der Waals surface area contributed by atoms with Crippen molar-refractivity contribution in [3.8, 4) is 5.75 Å². The molecule has 0 bridgehead atoms. The molecule has 0 fully saturated rings. The third-order valence-corrected chi connectivity index (χ3v) is 4.34. The summed E-state index contributed by atoms with van der Waals surface area (Å²) in [4.78, 5) is 16.4. The van der Waals surface area contributed by atoms with Crippen molar-refractivity contribution in [2.45, 2.75) is 20.0 Å². The topological polar surface area (TPSA) is 77.2 Å². The molecule has 1 amide bonds. The number of ether oxygens (including phenoxy) is 1. The smallest absolute Gasteiger partial charge is 0.258 e. The lowest BCUT2D eigenvalue weighted by atomic mass is 10.1. The molecule has 1 atom stereocenters. The second-order valence-electron chi connectivity index (χ2n) is 6.36. The summed E-state index contributed by atoms with van der Waals surface area (Å²) in [5.74, 6) is -0.484. The molecule has 0 aliphatic heterocycles. The molecule has 5 nitrogen and oxygen atoms in total. The Morgan fingerprint density at radius 1 is 1.25 bits per heavy atom. The van der Waals surface area contributed by atoms with E-state index in [1.165, 1.54) is 18.3 Å². The van der Waals surface area contributed by atoms with Crippen LogP contribution in [-0.2, 0) is 0 Å². The van der Waals surface area contributed by atoms with E-state index in [-0.39, 0.29) is 17.5 Å². The van der Waals surface area contributed by atoms with E-state index in [9.17, 15) is 9.18 Å². The first kappa shape index (κ1) is 19.6. The van der Waals surface area contributed by atoms with Gasteiger partial charge in [-0.3, -0.25) is 4.79 Å². The fraction of sp³-hybridized carbons (Fsp3) is 0.143. The van der Waals surface area contributed by atoms with Gasteiger partial charge in [-0.15, -0.1) is 0 Å². The Bertz CT molecular complexity index is 1030. The van der Waals surface area contributed by atoms with Crippen molar-refractivity contribution < 1.29 is 13.9 Å². The van der Waals surface area contributed by atoms with Crippen molar-refractivity contribution in [2.75, 3.05) is 11.1 Å². The van der Waals surface area contributed by atoms with Gasteiger partial charge in [0.1, 0.15) is 11.9 Å². The van der Waals surface area contributed by atoms with Crippen LogP contribution in [0.4, 0.5) is 15.9 Å². The Balaban J connectivity index is 1.77. The Morgan fingerprint density at radius 3 is 2.82 bits per heavy atom. The highest BCUT2D eigenvalue weighted by molar-refractivity contribution is 6.30. The van der Waals surface area contributed by atoms with Crippen LogP contribution in [-0.4, -0.2) is 10.9 Å². The zero-order valence-corrected chi connectivity index (χ0v) is 16.1. The van der Waals surface area contributed by atoms with Gasteiger partial charge in [-0.05, 0) is 43.7 Å². The number of amides is 1. The Labute approximate surface area is 167 Å². The van der Waals surface area contributed by atoms with Crippen molar-refractivity contribution in [3.05, 3.63) is 82.3 Å². The van der Waals surface area contributed by atoms with Crippen LogP contribution >= 0.6 is 11.6 Å². The molecule has 2 aromatic carbocycles. The molecule has 0 spiro atoms. The van der Waals surface area contributed by atoms with E-state index >= 15 is 0 Å². The van der Waals surface area contributed by atoms with Crippen molar-refractivity contribution in [1.29, 1.82) is 0 Å². The van der Waals surface area contributed by atoms with Gasteiger partial charge in [-0.2, -0.15) is 0 Å². The number of benzene rings is 2. The van der Waals surface area contributed by atoms with Crippen molar-refractivity contribution in [3.63, 3.8) is 0 Å². The Hall–Kier alpha value is -3.12. The van der Waals surface area contributed by atoms with Crippen LogP contribution in [0.5, 0.6) is 5.75 Å². The average molecular weight is 400 g/mol. The molecular formula is C21H19ClFN3O2. The lowest BCUT2D eigenvalue weighted by Crippen LogP contribution is -2.14. The minimum Gasteiger partial charge on any atom is -0.482 e. The fourth-order valence-corrected chi connectivity index (χ4v) is 2.81. The largest absolute Gasteiger partial charge is 0.482 e. The number of hydrogen-bond donors (Lipinski definition) is 2. The second kappa shape index (κ2) is 8.27. The number of pyridine rings is 1. The molecule has 3 aromatic rings. The number of nitrogens with two attached hydrogens (primary N) is 1. The Kier molecular flexibility index (Phi) is 5.80. The number of hydrogen-bond acceptors (Lipinski definition) is 4.